The Kier molecular flexibility index (Phi) is 5.33. The number of rotatable bonds is 5. The van der Waals surface area contributed by atoms with Gasteiger partial charge in [-0.3, -0.25) is 4.79 Å². The first kappa shape index (κ1) is 20.8. The third-order valence-electron chi connectivity index (χ3n) is 5.78. The van der Waals surface area contributed by atoms with Crippen molar-refractivity contribution in [3.05, 3.63) is 71.6 Å². The molecule has 168 valence electrons. The molecule has 2 aromatic heterocycles. The van der Waals surface area contributed by atoms with Crippen LogP contribution in [0.25, 0.3) is 17.1 Å². The van der Waals surface area contributed by atoms with E-state index < -0.39 is 5.82 Å². The fourth-order valence-corrected chi connectivity index (χ4v) is 4.23. The molecule has 9 nitrogen and oxygen atoms in total. The SMILES string of the molecule is COc1c(F)cccc1-c1nnc(C2CCCN2C(=O)c2cc(C)ccc2-n2nccn2)[nH]1. The highest BCUT2D eigenvalue weighted by Crippen LogP contribution is 2.35. The summed E-state index contributed by atoms with van der Waals surface area (Å²) in [6.45, 7) is 2.52. The average Bonchev–Trinajstić information content (AvgIpc) is 3.59. The Morgan fingerprint density at radius 1 is 1.18 bits per heavy atom. The van der Waals surface area contributed by atoms with Gasteiger partial charge >= 0.3 is 0 Å². The minimum absolute atomic E-state index is 0.0932. The molecule has 0 bridgehead atoms. The van der Waals surface area contributed by atoms with Crippen molar-refractivity contribution in [3.8, 4) is 22.8 Å². The van der Waals surface area contributed by atoms with Crippen LogP contribution in [0.4, 0.5) is 4.39 Å². The molecule has 1 aliphatic rings. The molecule has 1 fully saturated rings. The lowest BCUT2D eigenvalue weighted by molar-refractivity contribution is 0.0729. The maximum absolute atomic E-state index is 14.1. The van der Waals surface area contributed by atoms with Crippen LogP contribution >= 0.6 is 0 Å². The zero-order chi connectivity index (χ0) is 22.9. The first-order valence-electron chi connectivity index (χ1n) is 10.6. The second kappa shape index (κ2) is 8.45. The molecule has 3 heterocycles. The van der Waals surface area contributed by atoms with Gasteiger partial charge in [0, 0.05) is 6.54 Å². The van der Waals surface area contributed by atoms with E-state index in [1.165, 1.54) is 18.0 Å². The van der Waals surface area contributed by atoms with E-state index in [9.17, 15) is 9.18 Å². The molecule has 0 radical (unpaired) electrons. The maximum atomic E-state index is 14.1. The van der Waals surface area contributed by atoms with Crippen molar-refractivity contribution in [1.29, 1.82) is 0 Å². The summed E-state index contributed by atoms with van der Waals surface area (Å²) >= 11 is 0. The molecule has 10 heteroatoms. The monoisotopic (exact) mass is 447 g/mol. The molecule has 0 aliphatic carbocycles. The Labute approximate surface area is 189 Å². The van der Waals surface area contributed by atoms with Crippen molar-refractivity contribution in [2.75, 3.05) is 13.7 Å². The van der Waals surface area contributed by atoms with Crippen molar-refractivity contribution in [1.82, 2.24) is 35.1 Å². The number of H-pyrrole nitrogens is 1. The maximum Gasteiger partial charge on any atom is 0.256 e. The second-order valence-corrected chi connectivity index (χ2v) is 7.88. The summed E-state index contributed by atoms with van der Waals surface area (Å²) in [5, 5.41) is 16.9. The van der Waals surface area contributed by atoms with Crippen LogP contribution in [0.2, 0.25) is 0 Å². The minimum Gasteiger partial charge on any atom is -0.493 e. The number of aryl methyl sites for hydroxylation is 1. The van der Waals surface area contributed by atoms with Gasteiger partial charge in [-0.15, -0.1) is 10.2 Å². The number of hydrogen-bond acceptors (Lipinski definition) is 6. The molecule has 1 amide bonds. The number of aromatic amines is 1. The van der Waals surface area contributed by atoms with Crippen LogP contribution in [-0.4, -0.2) is 54.6 Å². The lowest BCUT2D eigenvalue weighted by atomic mass is 10.1. The van der Waals surface area contributed by atoms with E-state index in [-0.39, 0.29) is 17.7 Å². The number of carbonyl (C=O) groups excluding carboxylic acids is 1. The number of likely N-dealkylation sites (tertiary alicyclic amines) is 1. The molecular formula is C23H22FN7O2. The second-order valence-electron chi connectivity index (χ2n) is 7.88. The van der Waals surface area contributed by atoms with Crippen LogP contribution in [-0.2, 0) is 0 Å². The number of para-hydroxylation sites is 1. The van der Waals surface area contributed by atoms with E-state index in [0.717, 1.165) is 18.4 Å². The van der Waals surface area contributed by atoms with Gasteiger partial charge in [0.1, 0.15) is 0 Å². The number of halogens is 1. The lowest BCUT2D eigenvalue weighted by Gasteiger charge is -2.24. The predicted octanol–water partition coefficient (Wildman–Crippen LogP) is 3.49. The van der Waals surface area contributed by atoms with Crippen LogP contribution in [0.15, 0.2) is 48.8 Å². The van der Waals surface area contributed by atoms with E-state index in [4.69, 9.17) is 4.74 Å². The van der Waals surface area contributed by atoms with Crippen molar-refractivity contribution < 1.29 is 13.9 Å². The standard InChI is InChI=1S/C23H22FN7O2/c1-14-8-9-18(31-25-10-11-26-31)16(13-14)23(32)30-12-4-7-19(30)22-27-21(28-29-22)15-5-3-6-17(24)20(15)33-2/h3,5-6,8-11,13,19H,4,7,12H2,1-2H3,(H,27,28,29). The molecule has 1 N–H and O–H groups in total. The van der Waals surface area contributed by atoms with Gasteiger partial charge in [-0.2, -0.15) is 15.0 Å². The Morgan fingerprint density at radius 3 is 2.79 bits per heavy atom. The lowest BCUT2D eigenvalue weighted by Crippen LogP contribution is -2.32. The summed E-state index contributed by atoms with van der Waals surface area (Å²) in [7, 11) is 1.41. The number of nitrogens with zero attached hydrogens (tertiary/aromatic N) is 6. The highest BCUT2D eigenvalue weighted by Gasteiger charge is 2.34. The number of hydrogen-bond donors (Lipinski definition) is 1. The quantitative estimate of drug-likeness (QED) is 0.503. The van der Waals surface area contributed by atoms with Crippen LogP contribution in [0.1, 0.15) is 40.6 Å². The average molecular weight is 447 g/mol. The smallest absolute Gasteiger partial charge is 0.256 e. The van der Waals surface area contributed by atoms with Crippen molar-refractivity contribution in [2.24, 2.45) is 0 Å². The van der Waals surface area contributed by atoms with Crippen molar-refractivity contribution >= 4 is 5.91 Å². The molecule has 5 rings (SSSR count). The molecule has 1 saturated heterocycles. The third-order valence-corrected chi connectivity index (χ3v) is 5.78. The number of ether oxygens (including phenoxy) is 1. The molecule has 1 unspecified atom stereocenters. The van der Waals surface area contributed by atoms with E-state index in [1.54, 1.807) is 29.4 Å². The molecular weight excluding hydrogens is 425 g/mol. The van der Waals surface area contributed by atoms with Gasteiger partial charge in [-0.1, -0.05) is 17.7 Å². The van der Waals surface area contributed by atoms with Gasteiger partial charge in [0.05, 0.1) is 42.4 Å². The van der Waals surface area contributed by atoms with Crippen LogP contribution in [0.5, 0.6) is 5.75 Å². The number of carbonyl (C=O) groups is 1. The molecule has 0 spiro atoms. The van der Waals surface area contributed by atoms with E-state index in [1.807, 2.05) is 25.1 Å². The zero-order valence-corrected chi connectivity index (χ0v) is 18.2. The van der Waals surface area contributed by atoms with Gasteiger partial charge in [-0.05, 0) is 44.0 Å². The van der Waals surface area contributed by atoms with Gasteiger partial charge < -0.3 is 14.6 Å². The van der Waals surface area contributed by atoms with Gasteiger partial charge in [0.25, 0.3) is 5.91 Å². The van der Waals surface area contributed by atoms with Gasteiger partial charge in [-0.25, -0.2) is 4.39 Å². The number of amides is 1. The van der Waals surface area contributed by atoms with Crippen molar-refractivity contribution in [3.63, 3.8) is 0 Å². The summed E-state index contributed by atoms with van der Waals surface area (Å²) in [4.78, 5) is 20.0. The number of aromatic nitrogens is 6. The van der Waals surface area contributed by atoms with E-state index in [2.05, 4.69) is 25.4 Å². The number of benzene rings is 2. The summed E-state index contributed by atoms with van der Waals surface area (Å²) in [6.07, 6.45) is 4.71. The zero-order valence-electron chi connectivity index (χ0n) is 18.2. The predicted molar refractivity (Wildman–Crippen MR) is 117 cm³/mol. The molecule has 2 aromatic carbocycles. The third kappa shape index (κ3) is 3.73. The molecule has 1 aliphatic heterocycles. The molecule has 33 heavy (non-hydrogen) atoms. The number of nitrogens with one attached hydrogen (secondary N) is 1. The van der Waals surface area contributed by atoms with Crippen LogP contribution in [0, 0.1) is 12.7 Å². The summed E-state index contributed by atoms with van der Waals surface area (Å²) in [5.74, 6) is 0.418. The molecule has 1 atom stereocenters. The highest BCUT2D eigenvalue weighted by molar-refractivity contribution is 5.98. The summed E-state index contributed by atoms with van der Waals surface area (Å²) in [5.41, 5.74) is 2.57. The van der Waals surface area contributed by atoms with Gasteiger partial charge in [0.2, 0.25) is 0 Å². The Hall–Kier alpha value is -4.08. The summed E-state index contributed by atoms with van der Waals surface area (Å²) < 4.78 is 19.3. The first-order chi connectivity index (χ1) is 16.1. The van der Waals surface area contributed by atoms with Crippen LogP contribution < -0.4 is 4.74 Å². The molecule has 4 aromatic rings. The Bertz CT molecular complexity index is 1300. The van der Waals surface area contributed by atoms with E-state index in [0.29, 0.717) is 35.0 Å². The normalized spacial score (nSPS) is 15.7. The Balaban J connectivity index is 1.48. The largest absolute Gasteiger partial charge is 0.493 e. The summed E-state index contributed by atoms with van der Waals surface area (Å²) in [6, 6.07) is 9.95. The first-order valence-corrected chi connectivity index (χ1v) is 10.6. The van der Waals surface area contributed by atoms with Gasteiger partial charge in [0.15, 0.2) is 23.2 Å². The fraction of sp³-hybridized carbons (Fsp3) is 0.261. The highest BCUT2D eigenvalue weighted by atomic mass is 19.1. The fourth-order valence-electron chi connectivity index (χ4n) is 4.23. The molecule has 0 saturated carbocycles. The van der Waals surface area contributed by atoms with E-state index >= 15 is 0 Å². The van der Waals surface area contributed by atoms with Crippen molar-refractivity contribution in [2.45, 2.75) is 25.8 Å². The van der Waals surface area contributed by atoms with Crippen LogP contribution in [0.3, 0.4) is 0 Å². The minimum atomic E-state index is -0.482. The topological polar surface area (TPSA) is 102 Å². The Morgan fingerprint density at radius 2 is 2.00 bits per heavy atom. The number of methoxy groups -OCH3 is 1.